The average Bonchev–Trinajstić information content (AvgIpc) is 2.70. The van der Waals surface area contributed by atoms with E-state index in [0.29, 0.717) is 27.5 Å². The fraction of sp³-hybridized carbons (Fsp3) is 0.0952. The highest BCUT2D eigenvalue weighted by atomic mass is 35.5. The largest absolute Gasteiger partial charge is 0.462 e. The number of nitrogens with one attached hydrogen (secondary N) is 2. The minimum atomic E-state index is -0.491. The molecule has 0 aliphatic rings. The van der Waals surface area contributed by atoms with E-state index >= 15 is 0 Å². The standard InChI is InChI=1S/C21H18ClN3O3/c1-2-28-21(27)18-5-3-4-6-19(18)25-20(26)14-11-17(13-23-12-14)24-16-9-7-15(22)8-10-16/h3-13,24H,2H2,1H3,(H,25,26). The lowest BCUT2D eigenvalue weighted by Gasteiger charge is -2.11. The zero-order chi connectivity index (χ0) is 19.9. The van der Waals surface area contributed by atoms with Crippen LogP contribution in [0, 0.1) is 0 Å². The first kappa shape index (κ1) is 19.4. The second kappa shape index (κ2) is 9.01. The van der Waals surface area contributed by atoms with Crippen LogP contribution < -0.4 is 10.6 Å². The third kappa shape index (κ3) is 4.86. The van der Waals surface area contributed by atoms with E-state index in [9.17, 15) is 9.59 Å². The molecule has 0 atom stereocenters. The maximum Gasteiger partial charge on any atom is 0.340 e. The van der Waals surface area contributed by atoms with E-state index in [1.165, 1.54) is 6.20 Å². The van der Waals surface area contributed by atoms with E-state index in [-0.39, 0.29) is 12.5 Å². The number of benzene rings is 2. The van der Waals surface area contributed by atoms with E-state index in [4.69, 9.17) is 16.3 Å². The summed E-state index contributed by atoms with van der Waals surface area (Å²) in [6.07, 6.45) is 3.06. The van der Waals surface area contributed by atoms with Gasteiger partial charge in [-0.25, -0.2) is 4.79 Å². The Kier molecular flexibility index (Phi) is 6.24. The summed E-state index contributed by atoms with van der Waals surface area (Å²) in [6.45, 7) is 1.98. The molecule has 0 unspecified atom stereocenters. The first-order valence-electron chi connectivity index (χ1n) is 8.62. The monoisotopic (exact) mass is 395 g/mol. The normalized spacial score (nSPS) is 10.2. The van der Waals surface area contributed by atoms with Crippen molar-refractivity contribution in [3.8, 4) is 0 Å². The topological polar surface area (TPSA) is 80.3 Å². The summed E-state index contributed by atoms with van der Waals surface area (Å²) >= 11 is 5.89. The Balaban J connectivity index is 1.77. The molecule has 1 aromatic heterocycles. The lowest BCUT2D eigenvalue weighted by Crippen LogP contribution is -2.16. The number of hydrogen-bond acceptors (Lipinski definition) is 5. The number of pyridine rings is 1. The number of nitrogens with zero attached hydrogens (tertiary/aromatic N) is 1. The van der Waals surface area contributed by atoms with Gasteiger partial charge in [-0.2, -0.15) is 0 Å². The van der Waals surface area contributed by atoms with Crippen molar-refractivity contribution in [1.29, 1.82) is 0 Å². The van der Waals surface area contributed by atoms with Crippen LogP contribution in [-0.2, 0) is 4.74 Å². The number of amides is 1. The molecule has 6 nitrogen and oxygen atoms in total. The molecule has 0 fully saturated rings. The molecule has 0 aliphatic carbocycles. The van der Waals surface area contributed by atoms with Crippen molar-refractivity contribution in [2.24, 2.45) is 0 Å². The van der Waals surface area contributed by atoms with Crippen LogP contribution in [0.2, 0.25) is 5.02 Å². The fourth-order valence-corrected chi connectivity index (χ4v) is 2.63. The summed E-state index contributed by atoms with van der Waals surface area (Å²) in [5.74, 6) is -0.876. The Bertz CT molecular complexity index is 990. The molecule has 3 aromatic rings. The van der Waals surface area contributed by atoms with Crippen molar-refractivity contribution in [3.63, 3.8) is 0 Å². The minimum absolute atomic E-state index is 0.253. The summed E-state index contributed by atoms with van der Waals surface area (Å²) in [5, 5.41) is 6.54. The van der Waals surface area contributed by atoms with Crippen molar-refractivity contribution in [2.75, 3.05) is 17.2 Å². The molecule has 1 heterocycles. The molecule has 142 valence electrons. The highest BCUT2D eigenvalue weighted by Gasteiger charge is 2.15. The Morgan fingerprint density at radius 2 is 1.79 bits per heavy atom. The second-order valence-electron chi connectivity index (χ2n) is 5.81. The molecule has 1 amide bonds. The van der Waals surface area contributed by atoms with Gasteiger partial charge in [-0.1, -0.05) is 23.7 Å². The van der Waals surface area contributed by atoms with E-state index in [1.807, 2.05) is 12.1 Å². The Morgan fingerprint density at radius 3 is 2.54 bits per heavy atom. The van der Waals surface area contributed by atoms with Crippen molar-refractivity contribution in [1.82, 2.24) is 4.98 Å². The number of ether oxygens (including phenoxy) is 1. The van der Waals surface area contributed by atoms with E-state index in [1.54, 1.807) is 55.6 Å². The molecular weight excluding hydrogens is 378 g/mol. The summed E-state index contributed by atoms with van der Waals surface area (Å²) in [5.41, 5.74) is 2.48. The Hall–Kier alpha value is -3.38. The predicted molar refractivity (Wildman–Crippen MR) is 109 cm³/mol. The van der Waals surface area contributed by atoms with Crippen LogP contribution in [0.5, 0.6) is 0 Å². The fourth-order valence-electron chi connectivity index (χ4n) is 2.51. The lowest BCUT2D eigenvalue weighted by atomic mass is 10.1. The van der Waals surface area contributed by atoms with Crippen LogP contribution in [0.15, 0.2) is 67.0 Å². The number of aromatic nitrogens is 1. The Morgan fingerprint density at radius 1 is 1.04 bits per heavy atom. The molecule has 0 bridgehead atoms. The number of para-hydroxylation sites is 1. The van der Waals surface area contributed by atoms with Crippen molar-refractivity contribution in [3.05, 3.63) is 83.1 Å². The number of rotatable bonds is 6. The number of hydrogen-bond donors (Lipinski definition) is 2. The minimum Gasteiger partial charge on any atom is -0.462 e. The van der Waals surface area contributed by atoms with Gasteiger partial charge >= 0.3 is 5.97 Å². The molecule has 0 saturated heterocycles. The van der Waals surface area contributed by atoms with Gasteiger partial charge in [0.05, 0.1) is 35.3 Å². The lowest BCUT2D eigenvalue weighted by molar-refractivity contribution is 0.0527. The summed E-state index contributed by atoms with van der Waals surface area (Å²) < 4.78 is 5.03. The van der Waals surface area contributed by atoms with E-state index < -0.39 is 5.97 Å². The van der Waals surface area contributed by atoms with Gasteiger partial charge < -0.3 is 15.4 Å². The van der Waals surface area contributed by atoms with Gasteiger partial charge in [-0.3, -0.25) is 9.78 Å². The highest BCUT2D eigenvalue weighted by molar-refractivity contribution is 6.30. The molecular formula is C21H18ClN3O3. The van der Waals surface area contributed by atoms with E-state index in [2.05, 4.69) is 15.6 Å². The molecule has 0 aliphatic heterocycles. The van der Waals surface area contributed by atoms with E-state index in [0.717, 1.165) is 5.69 Å². The third-order valence-electron chi connectivity index (χ3n) is 3.80. The zero-order valence-corrected chi connectivity index (χ0v) is 15.9. The molecule has 0 saturated carbocycles. The van der Waals surface area contributed by atoms with Crippen LogP contribution in [0.3, 0.4) is 0 Å². The number of carbonyl (C=O) groups is 2. The number of carbonyl (C=O) groups excluding carboxylic acids is 2. The average molecular weight is 396 g/mol. The van der Waals surface area contributed by atoms with Crippen LogP contribution in [-0.4, -0.2) is 23.5 Å². The van der Waals surface area contributed by atoms with Gasteiger partial charge in [0, 0.05) is 16.9 Å². The van der Waals surface area contributed by atoms with Crippen molar-refractivity contribution in [2.45, 2.75) is 6.92 Å². The third-order valence-corrected chi connectivity index (χ3v) is 4.06. The molecule has 2 N–H and O–H groups in total. The maximum absolute atomic E-state index is 12.6. The van der Waals surface area contributed by atoms with Gasteiger partial charge in [0.25, 0.3) is 5.91 Å². The van der Waals surface area contributed by atoms with Crippen LogP contribution >= 0.6 is 11.6 Å². The summed E-state index contributed by atoms with van der Waals surface area (Å²) in [6, 6.07) is 15.5. The quantitative estimate of drug-likeness (QED) is 0.580. The number of esters is 1. The molecule has 2 aromatic carbocycles. The molecule has 3 rings (SSSR count). The Labute approximate surface area is 167 Å². The smallest absolute Gasteiger partial charge is 0.340 e. The molecule has 7 heteroatoms. The summed E-state index contributed by atoms with van der Waals surface area (Å²) in [7, 11) is 0. The molecule has 0 radical (unpaired) electrons. The van der Waals surface area contributed by atoms with Crippen LogP contribution in [0.25, 0.3) is 0 Å². The highest BCUT2D eigenvalue weighted by Crippen LogP contribution is 2.21. The first-order valence-corrected chi connectivity index (χ1v) is 8.99. The van der Waals surface area contributed by atoms with Gasteiger partial charge in [-0.15, -0.1) is 0 Å². The molecule has 28 heavy (non-hydrogen) atoms. The summed E-state index contributed by atoms with van der Waals surface area (Å²) in [4.78, 5) is 28.8. The number of anilines is 3. The van der Waals surface area contributed by atoms with Gasteiger partial charge in [-0.05, 0) is 49.4 Å². The second-order valence-corrected chi connectivity index (χ2v) is 6.25. The number of halogens is 1. The van der Waals surface area contributed by atoms with Gasteiger partial charge in [0.1, 0.15) is 0 Å². The maximum atomic E-state index is 12.6. The molecule has 0 spiro atoms. The van der Waals surface area contributed by atoms with Crippen LogP contribution in [0.1, 0.15) is 27.6 Å². The van der Waals surface area contributed by atoms with Gasteiger partial charge in [0.15, 0.2) is 0 Å². The van der Waals surface area contributed by atoms with Crippen molar-refractivity contribution >= 4 is 40.5 Å². The first-order chi connectivity index (χ1) is 13.6. The SMILES string of the molecule is CCOC(=O)c1ccccc1NC(=O)c1cncc(Nc2ccc(Cl)cc2)c1. The van der Waals surface area contributed by atoms with Gasteiger partial charge in [0.2, 0.25) is 0 Å². The van der Waals surface area contributed by atoms with Crippen LogP contribution in [0.4, 0.5) is 17.1 Å². The predicted octanol–water partition coefficient (Wildman–Crippen LogP) is 4.91. The zero-order valence-electron chi connectivity index (χ0n) is 15.1. The van der Waals surface area contributed by atoms with Crippen molar-refractivity contribution < 1.29 is 14.3 Å².